The third kappa shape index (κ3) is 2.96. The molecule has 17 heavy (non-hydrogen) atoms. The van der Waals surface area contributed by atoms with Crippen LogP contribution in [0.1, 0.15) is 13.3 Å². The maximum Gasteiger partial charge on any atom is 0.262 e. The Balaban J connectivity index is 2.96. The lowest BCUT2D eigenvalue weighted by Gasteiger charge is -2.18. The molecule has 0 aliphatic carbocycles. The molecule has 1 heterocycles. The Morgan fingerprint density at radius 3 is 2.65 bits per heavy atom. The number of nitrogen functional groups attached to an aromatic ring is 1. The van der Waals surface area contributed by atoms with Crippen molar-refractivity contribution >= 4 is 15.8 Å². The predicted octanol–water partition coefficient (Wildman–Crippen LogP) is -0.606. The number of aryl methyl sites for hydroxylation is 1. The molecular weight excluding hydrogens is 244 g/mol. The molecule has 3 N–H and O–H groups in total. The first-order valence-corrected chi connectivity index (χ1v) is 6.62. The molecule has 0 spiro atoms. The molecule has 0 aliphatic rings. The van der Waals surface area contributed by atoms with Crippen LogP contribution in [0.15, 0.2) is 11.4 Å². The molecule has 0 saturated heterocycles. The van der Waals surface area contributed by atoms with Gasteiger partial charge in [0.05, 0.1) is 12.4 Å². The van der Waals surface area contributed by atoms with Crippen LogP contribution in [-0.2, 0) is 17.1 Å². The van der Waals surface area contributed by atoms with Crippen molar-refractivity contribution in [1.82, 2.24) is 13.9 Å². The van der Waals surface area contributed by atoms with Crippen molar-refractivity contribution in [3.05, 3.63) is 6.33 Å². The second-order valence-electron chi connectivity index (χ2n) is 4.01. The van der Waals surface area contributed by atoms with Gasteiger partial charge in [0, 0.05) is 20.6 Å². The Bertz CT molecular complexity index is 461. The van der Waals surface area contributed by atoms with E-state index in [1.807, 2.05) is 0 Å². The number of imidazole rings is 1. The average Bonchev–Trinajstić information content (AvgIpc) is 2.55. The maximum atomic E-state index is 12.2. The van der Waals surface area contributed by atoms with Crippen LogP contribution in [0, 0.1) is 0 Å². The summed E-state index contributed by atoms with van der Waals surface area (Å²) in [6, 6.07) is 0. The minimum Gasteiger partial charge on any atom is -0.393 e. The molecule has 98 valence electrons. The number of nitrogens with two attached hydrogens (primary N) is 1. The van der Waals surface area contributed by atoms with Crippen molar-refractivity contribution in [2.75, 3.05) is 19.3 Å². The molecule has 1 rings (SSSR count). The Morgan fingerprint density at radius 2 is 2.24 bits per heavy atom. The Morgan fingerprint density at radius 1 is 1.65 bits per heavy atom. The van der Waals surface area contributed by atoms with Gasteiger partial charge < -0.3 is 15.4 Å². The van der Waals surface area contributed by atoms with E-state index in [1.54, 1.807) is 14.0 Å². The Labute approximate surface area is 101 Å². The fraction of sp³-hybridized carbons (Fsp3) is 0.667. The van der Waals surface area contributed by atoms with E-state index in [0.717, 1.165) is 4.31 Å². The van der Waals surface area contributed by atoms with Crippen LogP contribution in [0.4, 0.5) is 5.82 Å². The summed E-state index contributed by atoms with van der Waals surface area (Å²) in [5, 5.41) is 9.12. The van der Waals surface area contributed by atoms with Gasteiger partial charge in [-0.15, -0.1) is 0 Å². The number of anilines is 1. The number of hydrogen-bond donors (Lipinski definition) is 2. The van der Waals surface area contributed by atoms with Gasteiger partial charge in [-0.2, -0.15) is 4.31 Å². The van der Waals surface area contributed by atoms with Gasteiger partial charge in [0.25, 0.3) is 10.0 Å². The standard InChI is InChI=1S/C9H18N4O3S/c1-7(14)4-5-13(3)17(15,16)9-8(10)11-6-12(9)2/h6-7,14H,4-5,10H2,1-3H3. The highest BCUT2D eigenvalue weighted by Gasteiger charge is 2.27. The van der Waals surface area contributed by atoms with Crippen LogP contribution < -0.4 is 5.73 Å². The summed E-state index contributed by atoms with van der Waals surface area (Å²) >= 11 is 0. The topological polar surface area (TPSA) is 101 Å². The van der Waals surface area contributed by atoms with E-state index in [0.29, 0.717) is 6.42 Å². The summed E-state index contributed by atoms with van der Waals surface area (Å²) < 4.78 is 26.8. The van der Waals surface area contributed by atoms with Crippen molar-refractivity contribution in [1.29, 1.82) is 0 Å². The third-order valence-corrected chi connectivity index (χ3v) is 4.41. The zero-order valence-electron chi connectivity index (χ0n) is 10.2. The maximum absolute atomic E-state index is 12.2. The van der Waals surface area contributed by atoms with E-state index in [9.17, 15) is 8.42 Å². The number of aliphatic hydroxyl groups is 1. The molecule has 1 atom stereocenters. The molecule has 0 radical (unpaired) electrons. The number of nitrogens with zero attached hydrogens (tertiary/aromatic N) is 3. The van der Waals surface area contributed by atoms with Gasteiger partial charge in [0.1, 0.15) is 0 Å². The van der Waals surface area contributed by atoms with Crippen molar-refractivity contribution in [3.63, 3.8) is 0 Å². The van der Waals surface area contributed by atoms with E-state index >= 15 is 0 Å². The lowest BCUT2D eigenvalue weighted by Crippen LogP contribution is -2.31. The minimum absolute atomic E-state index is 0.0172. The van der Waals surface area contributed by atoms with Gasteiger partial charge in [-0.1, -0.05) is 0 Å². The summed E-state index contributed by atoms with van der Waals surface area (Å²) in [6.07, 6.45) is 1.18. The molecule has 0 aromatic carbocycles. The first-order chi connectivity index (χ1) is 7.76. The van der Waals surface area contributed by atoms with Crippen LogP contribution in [-0.4, -0.2) is 47.1 Å². The van der Waals surface area contributed by atoms with Crippen molar-refractivity contribution < 1.29 is 13.5 Å². The van der Waals surface area contributed by atoms with E-state index in [2.05, 4.69) is 4.98 Å². The SMILES string of the molecule is CC(O)CCN(C)S(=O)(=O)c1c(N)ncn1C. The molecule has 0 saturated carbocycles. The lowest BCUT2D eigenvalue weighted by molar-refractivity contribution is 0.177. The smallest absolute Gasteiger partial charge is 0.262 e. The van der Waals surface area contributed by atoms with Crippen LogP contribution in [0.5, 0.6) is 0 Å². The number of sulfonamides is 1. The molecule has 0 amide bonds. The largest absolute Gasteiger partial charge is 0.393 e. The zero-order valence-corrected chi connectivity index (χ0v) is 11.0. The van der Waals surface area contributed by atoms with E-state index in [-0.39, 0.29) is 17.4 Å². The number of hydrogen-bond acceptors (Lipinski definition) is 5. The molecule has 1 aromatic heterocycles. The quantitative estimate of drug-likeness (QED) is 0.737. The van der Waals surface area contributed by atoms with Gasteiger partial charge >= 0.3 is 0 Å². The average molecular weight is 262 g/mol. The second kappa shape index (κ2) is 5.03. The molecule has 7 nitrogen and oxygen atoms in total. The first-order valence-electron chi connectivity index (χ1n) is 5.18. The molecule has 0 bridgehead atoms. The number of aliphatic hydroxyl groups excluding tert-OH is 1. The summed E-state index contributed by atoms with van der Waals surface area (Å²) in [6.45, 7) is 1.84. The Kier molecular flexibility index (Phi) is 4.12. The van der Waals surface area contributed by atoms with Crippen molar-refractivity contribution in [3.8, 4) is 0 Å². The normalized spacial score (nSPS) is 14.2. The molecule has 0 aliphatic heterocycles. The molecule has 1 aromatic rings. The second-order valence-corrected chi connectivity index (χ2v) is 5.97. The molecule has 8 heteroatoms. The van der Waals surface area contributed by atoms with Crippen LogP contribution in [0.2, 0.25) is 0 Å². The minimum atomic E-state index is -3.65. The molecular formula is C9H18N4O3S. The van der Waals surface area contributed by atoms with Crippen LogP contribution in [0.25, 0.3) is 0 Å². The van der Waals surface area contributed by atoms with E-state index in [1.165, 1.54) is 17.9 Å². The van der Waals surface area contributed by atoms with E-state index in [4.69, 9.17) is 10.8 Å². The fourth-order valence-electron chi connectivity index (χ4n) is 1.39. The van der Waals surface area contributed by atoms with Gasteiger partial charge in [-0.3, -0.25) is 0 Å². The molecule has 1 unspecified atom stereocenters. The number of aromatic nitrogens is 2. The van der Waals surface area contributed by atoms with Gasteiger partial charge in [0.2, 0.25) is 0 Å². The highest BCUT2D eigenvalue weighted by Crippen LogP contribution is 2.19. The highest BCUT2D eigenvalue weighted by molar-refractivity contribution is 7.89. The Hall–Kier alpha value is -1.12. The summed E-state index contributed by atoms with van der Waals surface area (Å²) in [5.74, 6) is -0.0172. The fourth-order valence-corrected chi connectivity index (χ4v) is 2.76. The number of rotatable bonds is 5. The van der Waals surface area contributed by atoms with Crippen molar-refractivity contribution in [2.24, 2.45) is 7.05 Å². The summed E-state index contributed by atoms with van der Waals surface area (Å²) in [4.78, 5) is 3.75. The van der Waals surface area contributed by atoms with E-state index < -0.39 is 16.1 Å². The first kappa shape index (κ1) is 13.9. The summed E-state index contributed by atoms with van der Waals surface area (Å²) in [7, 11) is -0.638. The van der Waals surface area contributed by atoms with Gasteiger partial charge in [-0.25, -0.2) is 13.4 Å². The van der Waals surface area contributed by atoms with Gasteiger partial charge in [-0.05, 0) is 13.3 Å². The summed E-state index contributed by atoms with van der Waals surface area (Å²) in [5.41, 5.74) is 5.53. The predicted molar refractivity (Wildman–Crippen MR) is 63.7 cm³/mol. The van der Waals surface area contributed by atoms with Crippen molar-refractivity contribution in [2.45, 2.75) is 24.5 Å². The van der Waals surface area contributed by atoms with Crippen LogP contribution in [0.3, 0.4) is 0 Å². The third-order valence-electron chi connectivity index (χ3n) is 2.43. The zero-order chi connectivity index (χ0) is 13.2. The molecule has 0 fully saturated rings. The lowest BCUT2D eigenvalue weighted by atomic mass is 10.3. The van der Waals surface area contributed by atoms with Gasteiger partial charge in [0.15, 0.2) is 10.8 Å². The van der Waals surface area contributed by atoms with Crippen LogP contribution >= 0.6 is 0 Å². The monoisotopic (exact) mass is 262 g/mol. The highest BCUT2D eigenvalue weighted by atomic mass is 32.2.